The minimum Gasteiger partial charge on any atom is -0.497 e. The van der Waals surface area contributed by atoms with Crippen LogP contribution < -0.4 is 24.2 Å². The molecule has 5 rings (SSSR count). The van der Waals surface area contributed by atoms with Gasteiger partial charge in [-0.1, -0.05) is 23.3 Å². The second-order valence-corrected chi connectivity index (χ2v) is 8.62. The zero-order valence-corrected chi connectivity index (χ0v) is 18.1. The van der Waals surface area contributed by atoms with E-state index in [0.717, 1.165) is 0 Å². The summed E-state index contributed by atoms with van der Waals surface area (Å²) < 4.78 is 49.9. The number of aromatic nitrogens is 2. The monoisotopic (exact) mass is 466 g/mol. The maximum absolute atomic E-state index is 12.9. The third-order valence-corrected chi connectivity index (χ3v) is 6.17. The number of benzene rings is 3. The largest absolute Gasteiger partial charge is 0.497 e. The average molecular weight is 466 g/mol. The normalized spacial score (nSPS) is 12.4. The summed E-state index contributed by atoms with van der Waals surface area (Å²) in [6.07, 6.45) is 0. The molecule has 0 bridgehead atoms. The third kappa shape index (κ3) is 4.26. The molecule has 0 radical (unpaired) electrons. The summed E-state index contributed by atoms with van der Waals surface area (Å²) in [5.41, 5.74) is 1.38. The van der Waals surface area contributed by atoms with Gasteiger partial charge in [-0.25, -0.2) is 8.42 Å². The van der Waals surface area contributed by atoms with Gasteiger partial charge in [0.1, 0.15) is 5.75 Å². The van der Waals surface area contributed by atoms with E-state index >= 15 is 0 Å². The lowest BCUT2D eigenvalue weighted by atomic mass is 10.2. The number of nitrogens with zero attached hydrogens (tertiary/aromatic N) is 2. The number of nitrogens with one attached hydrogen (secondary N) is 2. The molecule has 10 nitrogen and oxygen atoms in total. The number of methoxy groups -OCH3 is 1. The van der Waals surface area contributed by atoms with Crippen LogP contribution in [0.1, 0.15) is 0 Å². The SMILES string of the molecule is COc1cccc(S(=O)(=O)Nc2ccccc2-c2nnc(Nc3ccc4c(c3)OCO4)o2)c1. The summed E-state index contributed by atoms with van der Waals surface area (Å²) in [5.74, 6) is 1.84. The van der Waals surface area contributed by atoms with Crippen molar-refractivity contribution in [3.63, 3.8) is 0 Å². The van der Waals surface area contributed by atoms with E-state index in [1.165, 1.54) is 19.2 Å². The molecule has 0 amide bonds. The Hall–Kier alpha value is -4.25. The highest BCUT2D eigenvalue weighted by atomic mass is 32.2. The van der Waals surface area contributed by atoms with Gasteiger partial charge >= 0.3 is 6.01 Å². The maximum atomic E-state index is 12.9. The molecule has 3 aromatic carbocycles. The fourth-order valence-electron chi connectivity index (χ4n) is 3.21. The van der Waals surface area contributed by atoms with Crippen LogP contribution in [0.4, 0.5) is 17.4 Å². The molecule has 168 valence electrons. The van der Waals surface area contributed by atoms with Crippen molar-refractivity contribution in [3.8, 4) is 28.7 Å². The lowest BCUT2D eigenvalue weighted by Crippen LogP contribution is -2.13. The number of hydrogen-bond donors (Lipinski definition) is 2. The highest BCUT2D eigenvalue weighted by molar-refractivity contribution is 7.92. The minimum atomic E-state index is -3.89. The summed E-state index contributed by atoms with van der Waals surface area (Å²) in [4.78, 5) is 0.0624. The van der Waals surface area contributed by atoms with Gasteiger partial charge in [0, 0.05) is 17.8 Å². The Morgan fingerprint density at radius 1 is 0.939 bits per heavy atom. The van der Waals surface area contributed by atoms with Gasteiger partial charge in [-0.2, -0.15) is 0 Å². The van der Waals surface area contributed by atoms with E-state index in [1.54, 1.807) is 54.6 Å². The number of fused-ring (bicyclic) bond motifs is 1. The van der Waals surface area contributed by atoms with Crippen LogP contribution in [0.3, 0.4) is 0 Å². The molecule has 1 aromatic heterocycles. The topological polar surface area (TPSA) is 125 Å². The molecule has 1 aliphatic heterocycles. The third-order valence-electron chi connectivity index (χ3n) is 4.80. The van der Waals surface area contributed by atoms with Crippen molar-refractivity contribution in [1.82, 2.24) is 10.2 Å². The Kier molecular flexibility index (Phi) is 5.23. The molecule has 1 aliphatic rings. The highest BCUT2D eigenvalue weighted by Crippen LogP contribution is 2.36. The summed E-state index contributed by atoms with van der Waals surface area (Å²) in [5, 5.41) is 11.1. The van der Waals surface area contributed by atoms with E-state index in [4.69, 9.17) is 18.6 Å². The van der Waals surface area contributed by atoms with Crippen molar-refractivity contribution in [3.05, 3.63) is 66.7 Å². The van der Waals surface area contributed by atoms with E-state index in [0.29, 0.717) is 34.2 Å². The average Bonchev–Trinajstić information content (AvgIpc) is 3.48. The van der Waals surface area contributed by atoms with Gasteiger partial charge in [-0.3, -0.25) is 4.72 Å². The maximum Gasteiger partial charge on any atom is 0.320 e. The van der Waals surface area contributed by atoms with Crippen LogP contribution in [0, 0.1) is 0 Å². The van der Waals surface area contributed by atoms with Crippen molar-refractivity contribution in [1.29, 1.82) is 0 Å². The number of anilines is 3. The van der Waals surface area contributed by atoms with Gasteiger partial charge in [-0.15, -0.1) is 5.10 Å². The molecular formula is C22H18N4O6S. The Morgan fingerprint density at radius 3 is 2.67 bits per heavy atom. The number of rotatable bonds is 7. The standard InChI is InChI=1S/C22H18N4O6S/c1-29-15-5-4-6-16(12-15)33(27,28)26-18-8-3-2-7-17(18)21-24-25-22(32-21)23-14-9-10-19-20(11-14)31-13-30-19/h2-12,26H,13H2,1H3,(H,23,25). The number of sulfonamides is 1. The summed E-state index contributed by atoms with van der Waals surface area (Å²) in [6, 6.07) is 18.4. The van der Waals surface area contributed by atoms with E-state index < -0.39 is 10.0 Å². The fraction of sp³-hybridized carbons (Fsp3) is 0.0909. The molecule has 0 unspecified atom stereocenters. The van der Waals surface area contributed by atoms with Gasteiger partial charge in [-0.05, 0) is 36.4 Å². The van der Waals surface area contributed by atoms with Crippen LogP contribution in [-0.2, 0) is 10.0 Å². The first-order valence-electron chi connectivity index (χ1n) is 9.78. The molecule has 11 heteroatoms. The zero-order valence-electron chi connectivity index (χ0n) is 17.3. The van der Waals surface area contributed by atoms with Crippen molar-refractivity contribution in [2.45, 2.75) is 4.90 Å². The Balaban J connectivity index is 1.39. The number of para-hydroxylation sites is 1. The zero-order chi connectivity index (χ0) is 22.8. The van der Waals surface area contributed by atoms with E-state index in [-0.39, 0.29) is 23.6 Å². The van der Waals surface area contributed by atoms with Crippen LogP contribution in [-0.4, -0.2) is 32.5 Å². The fourth-order valence-corrected chi connectivity index (χ4v) is 4.33. The smallest absolute Gasteiger partial charge is 0.320 e. The van der Waals surface area contributed by atoms with E-state index in [2.05, 4.69) is 20.2 Å². The van der Waals surface area contributed by atoms with Gasteiger partial charge in [0.25, 0.3) is 15.9 Å². The van der Waals surface area contributed by atoms with Crippen LogP contribution in [0.2, 0.25) is 0 Å². The van der Waals surface area contributed by atoms with Crippen LogP contribution in [0.25, 0.3) is 11.5 Å². The van der Waals surface area contributed by atoms with Crippen molar-refractivity contribution in [2.75, 3.05) is 23.9 Å². The first-order chi connectivity index (χ1) is 16.0. The van der Waals surface area contributed by atoms with Gasteiger partial charge in [0.15, 0.2) is 11.5 Å². The minimum absolute atomic E-state index is 0.0624. The predicted octanol–water partition coefficient (Wildman–Crippen LogP) is 4.02. The lowest BCUT2D eigenvalue weighted by Gasteiger charge is -2.11. The van der Waals surface area contributed by atoms with Crippen molar-refractivity contribution < 1.29 is 27.0 Å². The molecular weight excluding hydrogens is 448 g/mol. The quantitative estimate of drug-likeness (QED) is 0.415. The Bertz CT molecular complexity index is 1420. The van der Waals surface area contributed by atoms with Crippen LogP contribution >= 0.6 is 0 Å². The number of ether oxygens (including phenoxy) is 3. The molecule has 0 saturated carbocycles. The molecule has 0 saturated heterocycles. The highest BCUT2D eigenvalue weighted by Gasteiger charge is 2.20. The van der Waals surface area contributed by atoms with Crippen molar-refractivity contribution >= 4 is 27.4 Å². The van der Waals surface area contributed by atoms with Crippen LogP contribution in [0.15, 0.2) is 76.0 Å². The Morgan fingerprint density at radius 2 is 1.79 bits per heavy atom. The summed E-state index contributed by atoms with van der Waals surface area (Å²) >= 11 is 0. The summed E-state index contributed by atoms with van der Waals surface area (Å²) in [6.45, 7) is 0.173. The molecule has 2 N–H and O–H groups in total. The molecule has 2 heterocycles. The summed E-state index contributed by atoms with van der Waals surface area (Å²) in [7, 11) is -2.41. The second kappa shape index (κ2) is 8.36. The van der Waals surface area contributed by atoms with Crippen LogP contribution in [0.5, 0.6) is 17.2 Å². The molecule has 0 atom stereocenters. The van der Waals surface area contributed by atoms with Gasteiger partial charge in [0.2, 0.25) is 6.79 Å². The first-order valence-corrected chi connectivity index (χ1v) is 11.3. The number of hydrogen-bond acceptors (Lipinski definition) is 9. The Labute approximate surface area is 189 Å². The molecule has 0 spiro atoms. The molecule has 0 aliphatic carbocycles. The van der Waals surface area contributed by atoms with Gasteiger partial charge < -0.3 is 23.9 Å². The van der Waals surface area contributed by atoms with E-state index in [1.807, 2.05) is 0 Å². The van der Waals surface area contributed by atoms with Gasteiger partial charge in [0.05, 0.1) is 23.3 Å². The second-order valence-electron chi connectivity index (χ2n) is 6.94. The molecule has 0 fully saturated rings. The first kappa shape index (κ1) is 20.6. The molecule has 4 aromatic rings. The van der Waals surface area contributed by atoms with E-state index in [9.17, 15) is 8.42 Å². The lowest BCUT2D eigenvalue weighted by molar-refractivity contribution is 0.174. The van der Waals surface area contributed by atoms with Crippen molar-refractivity contribution in [2.24, 2.45) is 0 Å². The molecule has 33 heavy (non-hydrogen) atoms. The predicted molar refractivity (Wildman–Crippen MR) is 119 cm³/mol.